The van der Waals surface area contributed by atoms with Gasteiger partial charge in [-0.1, -0.05) is 6.42 Å². The van der Waals surface area contributed by atoms with Gasteiger partial charge >= 0.3 is 0 Å². The molecule has 0 amide bonds. The molecule has 2 aliphatic rings. The molecule has 0 radical (unpaired) electrons. The van der Waals surface area contributed by atoms with Crippen LogP contribution in [0.25, 0.3) is 0 Å². The maximum absolute atomic E-state index is 13.2. The number of benzene rings is 1. The normalized spacial score (nSPS) is 24.0. The lowest BCUT2D eigenvalue weighted by Crippen LogP contribution is -2.38. The standard InChI is InChI=1S/C18H20N4O4S/c19-12-13-6-8-14(9-7-13)27(23,24)22-10-2-1-4-15(22)17-20-21-18(26-17)16-5-3-11-25-16/h6-9,15-16H,1-5,10-11H2/t15?,16-/m1/s1. The lowest BCUT2D eigenvalue weighted by atomic mass is 10.1. The van der Waals surface area contributed by atoms with E-state index in [4.69, 9.17) is 14.4 Å². The van der Waals surface area contributed by atoms with Crippen molar-refractivity contribution in [1.82, 2.24) is 14.5 Å². The van der Waals surface area contributed by atoms with Gasteiger partial charge in [0.15, 0.2) is 0 Å². The first kappa shape index (κ1) is 18.1. The second-order valence-electron chi connectivity index (χ2n) is 6.74. The average molecular weight is 388 g/mol. The Hall–Kier alpha value is -2.28. The van der Waals surface area contributed by atoms with Crippen molar-refractivity contribution in [2.24, 2.45) is 0 Å². The fourth-order valence-corrected chi connectivity index (χ4v) is 5.21. The van der Waals surface area contributed by atoms with Gasteiger partial charge in [0.25, 0.3) is 0 Å². The molecule has 8 nitrogen and oxygen atoms in total. The molecule has 142 valence electrons. The van der Waals surface area contributed by atoms with Crippen molar-refractivity contribution in [2.75, 3.05) is 13.2 Å². The van der Waals surface area contributed by atoms with Crippen LogP contribution < -0.4 is 0 Å². The summed E-state index contributed by atoms with van der Waals surface area (Å²) in [5.74, 6) is 0.737. The summed E-state index contributed by atoms with van der Waals surface area (Å²) in [5.41, 5.74) is 0.419. The van der Waals surface area contributed by atoms with Gasteiger partial charge < -0.3 is 9.15 Å². The molecule has 2 aromatic rings. The summed E-state index contributed by atoms with van der Waals surface area (Å²) in [6.45, 7) is 1.07. The van der Waals surface area contributed by atoms with E-state index in [0.717, 1.165) is 25.7 Å². The molecule has 0 spiro atoms. The molecule has 3 heterocycles. The molecule has 0 bridgehead atoms. The fraction of sp³-hybridized carbons (Fsp3) is 0.500. The van der Waals surface area contributed by atoms with Gasteiger partial charge in [-0.3, -0.25) is 0 Å². The number of rotatable bonds is 4. The van der Waals surface area contributed by atoms with Crippen LogP contribution in [-0.4, -0.2) is 36.1 Å². The van der Waals surface area contributed by atoms with Gasteiger partial charge in [0.05, 0.1) is 16.5 Å². The van der Waals surface area contributed by atoms with E-state index in [1.165, 1.54) is 28.6 Å². The third-order valence-corrected chi connectivity index (χ3v) is 6.91. The molecule has 27 heavy (non-hydrogen) atoms. The zero-order valence-corrected chi connectivity index (χ0v) is 15.6. The Labute approximate surface area is 157 Å². The van der Waals surface area contributed by atoms with Crippen LogP contribution in [0, 0.1) is 11.3 Å². The van der Waals surface area contributed by atoms with Crippen LogP contribution in [0.1, 0.15) is 61.6 Å². The van der Waals surface area contributed by atoms with Crippen LogP contribution in [0.5, 0.6) is 0 Å². The van der Waals surface area contributed by atoms with E-state index in [1.54, 1.807) is 0 Å². The Balaban J connectivity index is 1.62. The van der Waals surface area contributed by atoms with Crippen LogP contribution in [0.2, 0.25) is 0 Å². The first-order valence-electron chi connectivity index (χ1n) is 9.06. The van der Waals surface area contributed by atoms with Crippen LogP contribution in [0.3, 0.4) is 0 Å². The Morgan fingerprint density at radius 1 is 1.07 bits per heavy atom. The molecule has 0 saturated carbocycles. The van der Waals surface area contributed by atoms with Gasteiger partial charge in [-0.25, -0.2) is 8.42 Å². The van der Waals surface area contributed by atoms with Gasteiger partial charge in [0.1, 0.15) is 12.1 Å². The largest absolute Gasteiger partial charge is 0.421 e. The Morgan fingerprint density at radius 3 is 2.56 bits per heavy atom. The van der Waals surface area contributed by atoms with Gasteiger partial charge in [-0.15, -0.1) is 10.2 Å². The molecule has 9 heteroatoms. The van der Waals surface area contributed by atoms with E-state index in [-0.39, 0.29) is 11.0 Å². The average Bonchev–Trinajstić information content (AvgIpc) is 3.39. The van der Waals surface area contributed by atoms with E-state index in [2.05, 4.69) is 10.2 Å². The molecular formula is C18H20N4O4S. The van der Waals surface area contributed by atoms with E-state index in [1.807, 2.05) is 6.07 Å². The maximum atomic E-state index is 13.2. The molecule has 0 N–H and O–H groups in total. The summed E-state index contributed by atoms with van der Waals surface area (Å²) in [6, 6.07) is 7.45. The molecule has 2 atom stereocenters. The van der Waals surface area contributed by atoms with E-state index in [0.29, 0.717) is 36.9 Å². The molecule has 2 aliphatic heterocycles. The number of nitrogens with zero attached hydrogens (tertiary/aromatic N) is 4. The van der Waals surface area contributed by atoms with Crippen LogP contribution >= 0.6 is 0 Å². The van der Waals surface area contributed by atoms with E-state index >= 15 is 0 Å². The van der Waals surface area contributed by atoms with Crippen molar-refractivity contribution in [3.8, 4) is 6.07 Å². The zero-order chi connectivity index (χ0) is 18.9. The van der Waals surface area contributed by atoms with Crippen LogP contribution in [0.15, 0.2) is 33.6 Å². The Bertz CT molecular complexity index is 942. The predicted octanol–water partition coefficient (Wildman–Crippen LogP) is 2.71. The second kappa shape index (κ2) is 7.38. The number of piperidine rings is 1. The quantitative estimate of drug-likeness (QED) is 0.792. The molecule has 2 saturated heterocycles. The molecule has 1 aromatic heterocycles. The number of ether oxygens (including phenoxy) is 1. The third-order valence-electron chi connectivity index (χ3n) is 4.99. The molecule has 1 aromatic carbocycles. The lowest BCUT2D eigenvalue weighted by molar-refractivity contribution is 0.0858. The highest BCUT2D eigenvalue weighted by Crippen LogP contribution is 2.36. The Morgan fingerprint density at radius 2 is 1.85 bits per heavy atom. The van der Waals surface area contributed by atoms with Crippen LogP contribution in [0.4, 0.5) is 0 Å². The fourth-order valence-electron chi connectivity index (χ4n) is 3.56. The number of aromatic nitrogens is 2. The van der Waals surface area contributed by atoms with Crippen LogP contribution in [-0.2, 0) is 14.8 Å². The summed E-state index contributed by atoms with van der Waals surface area (Å²) in [4.78, 5) is 0.160. The van der Waals surface area contributed by atoms with Crippen molar-refractivity contribution in [3.63, 3.8) is 0 Å². The summed E-state index contributed by atoms with van der Waals surface area (Å²) < 4.78 is 39.1. The highest BCUT2D eigenvalue weighted by Gasteiger charge is 2.38. The number of hydrogen-bond donors (Lipinski definition) is 0. The monoisotopic (exact) mass is 388 g/mol. The minimum absolute atomic E-state index is 0.160. The summed E-state index contributed by atoms with van der Waals surface area (Å²) in [6.07, 6.45) is 3.88. The summed E-state index contributed by atoms with van der Waals surface area (Å²) in [5, 5.41) is 17.1. The van der Waals surface area contributed by atoms with Crippen molar-refractivity contribution in [1.29, 1.82) is 5.26 Å². The molecule has 2 fully saturated rings. The highest BCUT2D eigenvalue weighted by atomic mass is 32.2. The number of hydrogen-bond acceptors (Lipinski definition) is 7. The minimum Gasteiger partial charge on any atom is -0.421 e. The van der Waals surface area contributed by atoms with Gasteiger partial charge in [-0.2, -0.15) is 9.57 Å². The number of nitriles is 1. The molecular weight excluding hydrogens is 368 g/mol. The summed E-state index contributed by atoms with van der Waals surface area (Å²) in [7, 11) is -3.73. The SMILES string of the molecule is N#Cc1ccc(S(=O)(=O)N2CCCCC2c2nnc([C@H]3CCCO3)o2)cc1. The van der Waals surface area contributed by atoms with Gasteiger partial charge in [-0.05, 0) is 49.9 Å². The summed E-state index contributed by atoms with van der Waals surface area (Å²) >= 11 is 0. The highest BCUT2D eigenvalue weighted by molar-refractivity contribution is 7.89. The topological polar surface area (TPSA) is 109 Å². The first-order chi connectivity index (χ1) is 13.1. The predicted molar refractivity (Wildman–Crippen MR) is 93.9 cm³/mol. The molecule has 1 unspecified atom stereocenters. The van der Waals surface area contributed by atoms with Crippen molar-refractivity contribution < 1.29 is 17.6 Å². The number of sulfonamides is 1. The van der Waals surface area contributed by atoms with Gasteiger partial charge in [0, 0.05) is 13.2 Å². The maximum Gasteiger partial charge on any atom is 0.245 e. The third kappa shape index (κ3) is 3.48. The lowest BCUT2D eigenvalue weighted by Gasteiger charge is -2.32. The van der Waals surface area contributed by atoms with Crippen molar-refractivity contribution in [2.45, 2.75) is 49.1 Å². The van der Waals surface area contributed by atoms with Crippen molar-refractivity contribution in [3.05, 3.63) is 41.6 Å². The second-order valence-corrected chi connectivity index (χ2v) is 8.63. The zero-order valence-electron chi connectivity index (χ0n) is 14.7. The Kier molecular flexibility index (Phi) is 4.95. The smallest absolute Gasteiger partial charge is 0.245 e. The first-order valence-corrected chi connectivity index (χ1v) is 10.5. The minimum atomic E-state index is -3.73. The van der Waals surface area contributed by atoms with Gasteiger partial charge in [0.2, 0.25) is 21.8 Å². The van der Waals surface area contributed by atoms with E-state index in [9.17, 15) is 8.42 Å². The molecule has 0 aliphatic carbocycles. The molecule has 4 rings (SSSR count). The van der Waals surface area contributed by atoms with Crippen molar-refractivity contribution >= 4 is 10.0 Å². The van der Waals surface area contributed by atoms with E-state index < -0.39 is 16.1 Å².